The minimum atomic E-state index is -4.53. The average molecular weight is 425 g/mol. The summed E-state index contributed by atoms with van der Waals surface area (Å²) in [5, 5.41) is 17.2. The molecule has 2 N–H and O–H groups in total. The second kappa shape index (κ2) is 7.68. The largest absolute Gasteiger partial charge is 0.416 e. The molecule has 0 radical (unpaired) electrons. The number of nitrogens with zero attached hydrogens (tertiary/aromatic N) is 2. The molecule has 1 heterocycles. The summed E-state index contributed by atoms with van der Waals surface area (Å²) in [5.74, 6) is -0.547. The van der Waals surface area contributed by atoms with Gasteiger partial charge < -0.3 is 10.4 Å². The van der Waals surface area contributed by atoms with Gasteiger partial charge in [0.2, 0.25) is 5.91 Å². The van der Waals surface area contributed by atoms with E-state index in [4.69, 9.17) is 0 Å². The molecule has 1 aromatic heterocycles. The van der Waals surface area contributed by atoms with Gasteiger partial charge in [-0.3, -0.25) is 9.59 Å². The molecule has 2 aromatic rings. The van der Waals surface area contributed by atoms with Gasteiger partial charge in [0.05, 0.1) is 22.2 Å². The summed E-state index contributed by atoms with van der Waals surface area (Å²) >= 11 is 0. The fourth-order valence-electron chi connectivity index (χ4n) is 3.74. The van der Waals surface area contributed by atoms with Gasteiger partial charge in [-0.15, -0.1) is 0 Å². The summed E-state index contributed by atoms with van der Waals surface area (Å²) in [4.78, 5) is 25.2. The Hall–Kier alpha value is -2.42. The van der Waals surface area contributed by atoms with Gasteiger partial charge in [-0.05, 0) is 56.7 Å². The van der Waals surface area contributed by atoms with Gasteiger partial charge in [0, 0.05) is 11.4 Å². The number of amides is 1. The second-order valence-electron chi connectivity index (χ2n) is 8.85. The first-order valence-corrected chi connectivity index (χ1v) is 9.91. The van der Waals surface area contributed by atoms with Crippen LogP contribution in [0, 0.1) is 5.92 Å². The number of carbonyl (C=O) groups is 1. The number of carbonyl (C=O) groups excluding carboxylic acids is 1. The fourth-order valence-corrected chi connectivity index (χ4v) is 3.74. The van der Waals surface area contributed by atoms with Gasteiger partial charge in [-0.2, -0.15) is 18.3 Å². The Morgan fingerprint density at radius 2 is 1.90 bits per heavy atom. The number of alkyl halides is 3. The predicted octanol–water partition coefficient (Wildman–Crippen LogP) is 3.20. The molecule has 1 aliphatic carbocycles. The molecule has 0 spiro atoms. The van der Waals surface area contributed by atoms with E-state index in [1.807, 2.05) is 0 Å². The zero-order chi connectivity index (χ0) is 22.4. The minimum absolute atomic E-state index is 0.0796. The molecule has 0 atom stereocenters. The van der Waals surface area contributed by atoms with Crippen molar-refractivity contribution in [3.8, 4) is 0 Å². The topological polar surface area (TPSA) is 84.2 Å². The predicted molar refractivity (Wildman–Crippen MR) is 106 cm³/mol. The monoisotopic (exact) mass is 425 g/mol. The van der Waals surface area contributed by atoms with Gasteiger partial charge >= 0.3 is 6.18 Å². The SMILES string of the molecule is CC(C)c1nn(CC(=O)NC2CC(C(C)(C)O)C2)c(=O)c2ccc(C(F)(F)F)cc12. The number of hydrogen-bond acceptors (Lipinski definition) is 4. The van der Waals surface area contributed by atoms with Gasteiger partial charge in [0.1, 0.15) is 6.54 Å². The van der Waals surface area contributed by atoms with Crippen LogP contribution >= 0.6 is 0 Å². The molecule has 9 heteroatoms. The first-order chi connectivity index (χ1) is 13.8. The quantitative estimate of drug-likeness (QED) is 0.771. The lowest BCUT2D eigenvalue weighted by molar-refractivity contribution is -0.137. The molecule has 0 aliphatic heterocycles. The summed E-state index contributed by atoms with van der Waals surface area (Å²) < 4.78 is 40.3. The van der Waals surface area contributed by atoms with Gasteiger partial charge in [0.15, 0.2) is 0 Å². The van der Waals surface area contributed by atoms with Crippen LogP contribution in [-0.4, -0.2) is 32.4 Å². The standard InChI is InChI=1S/C21H26F3N3O3/c1-11(2)18-16-9-12(21(22,23)24)5-6-15(16)19(29)27(26-18)10-17(28)25-14-7-13(8-14)20(3,4)30/h5-6,9,11,13-14,30H,7-8,10H2,1-4H3,(H,25,28). The van der Waals surface area contributed by atoms with E-state index >= 15 is 0 Å². The van der Waals surface area contributed by atoms with Crippen molar-refractivity contribution >= 4 is 16.7 Å². The van der Waals surface area contributed by atoms with Crippen LogP contribution in [0.5, 0.6) is 0 Å². The van der Waals surface area contributed by atoms with Crippen molar-refractivity contribution < 1.29 is 23.1 Å². The number of nitrogens with one attached hydrogen (secondary N) is 1. The van der Waals surface area contributed by atoms with E-state index in [1.165, 1.54) is 0 Å². The van der Waals surface area contributed by atoms with Crippen molar-refractivity contribution in [3.05, 3.63) is 39.8 Å². The molecule has 6 nitrogen and oxygen atoms in total. The number of aromatic nitrogens is 2. The maximum Gasteiger partial charge on any atom is 0.416 e. The van der Waals surface area contributed by atoms with E-state index in [-0.39, 0.29) is 35.2 Å². The van der Waals surface area contributed by atoms with Crippen molar-refractivity contribution in [3.63, 3.8) is 0 Å². The zero-order valence-electron chi connectivity index (χ0n) is 17.4. The molecule has 164 valence electrons. The highest BCUT2D eigenvalue weighted by molar-refractivity contribution is 5.85. The molecule has 0 bridgehead atoms. The average Bonchev–Trinajstić information content (AvgIpc) is 2.57. The van der Waals surface area contributed by atoms with Crippen LogP contribution in [0.2, 0.25) is 0 Å². The summed E-state index contributed by atoms with van der Waals surface area (Å²) in [5.41, 5.74) is -1.94. The van der Waals surface area contributed by atoms with Crippen LogP contribution in [0.4, 0.5) is 13.2 Å². The molecule has 1 amide bonds. The third-order valence-electron chi connectivity index (χ3n) is 5.66. The van der Waals surface area contributed by atoms with E-state index < -0.39 is 28.8 Å². The van der Waals surface area contributed by atoms with Crippen LogP contribution in [0.25, 0.3) is 10.8 Å². The van der Waals surface area contributed by atoms with Crippen LogP contribution in [0.3, 0.4) is 0 Å². The van der Waals surface area contributed by atoms with Gasteiger partial charge in [0.25, 0.3) is 5.56 Å². The van der Waals surface area contributed by atoms with Gasteiger partial charge in [-0.25, -0.2) is 4.68 Å². The summed E-state index contributed by atoms with van der Waals surface area (Å²) in [6.07, 6.45) is -3.24. The number of rotatable bonds is 5. The van der Waals surface area contributed by atoms with Crippen LogP contribution < -0.4 is 10.9 Å². The van der Waals surface area contributed by atoms with Crippen molar-refractivity contribution in [1.82, 2.24) is 15.1 Å². The van der Waals surface area contributed by atoms with E-state index in [0.717, 1.165) is 22.9 Å². The Morgan fingerprint density at radius 3 is 2.43 bits per heavy atom. The first kappa shape index (κ1) is 22.3. The van der Waals surface area contributed by atoms with Crippen molar-refractivity contribution in [2.24, 2.45) is 5.92 Å². The Kier molecular flexibility index (Phi) is 5.70. The Bertz CT molecular complexity index is 1020. The number of fused-ring (bicyclic) bond motifs is 1. The van der Waals surface area contributed by atoms with Crippen molar-refractivity contribution in [1.29, 1.82) is 0 Å². The highest BCUT2D eigenvalue weighted by Crippen LogP contribution is 2.36. The molecule has 0 unspecified atom stereocenters. The lowest BCUT2D eigenvalue weighted by Gasteiger charge is -2.42. The fraction of sp³-hybridized carbons (Fsp3) is 0.571. The molecule has 1 aliphatic rings. The molecule has 1 fully saturated rings. The maximum atomic E-state index is 13.1. The number of hydrogen-bond donors (Lipinski definition) is 2. The van der Waals surface area contributed by atoms with E-state index in [9.17, 15) is 27.9 Å². The Labute approximate surface area is 172 Å². The Balaban J connectivity index is 1.85. The third-order valence-corrected chi connectivity index (χ3v) is 5.66. The van der Waals surface area contributed by atoms with E-state index in [2.05, 4.69) is 10.4 Å². The summed E-state index contributed by atoms with van der Waals surface area (Å²) in [6.45, 7) is 6.67. The third kappa shape index (κ3) is 4.50. The molecule has 1 saturated carbocycles. The van der Waals surface area contributed by atoms with Crippen LogP contribution in [0.1, 0.15) is 57.7 Å². The summed E-state index contributed by atoms with van der Waals surface area (Å²) in [6, 6.07) is 2.87. The molecule has 1 aromatic carbocycles. The van der Waals surface area contributed by atoms with Crippen molar-refractivity contribution in [2.45, 2.75) is 70.8 Å². The van der Waals surface area contributed by atoms with E-state index in [1.54, 1.807) is 27.7 Å². The molecule has 0 saturated heterocycles. The second-order valence-corrected chi connectivity index (χ2v) is 8.85. The maximum absolute atomic E-state index is 13.1. The number of benzene rings is 1. The molecule has 3 rings (SSSR count). The molecular formula is C21H26F3N3O3. The van der Waals surface area contributed by atoms with Crippen LogP contribution in [-0.2, 0) is 17.5 Å². The first-order valence-electron chi connectivity index (χ1n) is 9.91. The smallest absolute Gasteiger partial charge is 0.390 e. The highest BCUT2D eigenvalue weighted by atomic mass is 19.4. The van der Waals surface area contributed by atoms with E-state index in [0.29, 0.717) is 18.5 Å². The van der Waals surface area contributed by atoms with Crippen LogP contribution in [0.15, 0.2) is 23.0 Å². The number of aliphatic hydroxyl groups is 1. The minimum Gasteiger partial charge on any atom is -0.390 e. The molecular weight excluding hydrogens is 399 g/mol. The highest BCUT2D eigenvalue weighted by Gasteiger charge is 2.39. The molecule has 30 heavy (non-hydrogen) atoms. The lowest BCUT2D eigenvalue weighted by atomic mass is 9.71. The summed E-state index contributed by atoms with van der Waals surface area (Å²) in [7, 11) is 0. The zero-order valence-corrected chi connectivity index (χ0v) is 17.4. The normalized spacial score (nSPS) is 19.8. The van der Waals surface area contributed by atoms with Crippen molar-refractivity contribution in [2.75, 3.05) is 0 Å². The van der Waals surface area contributed by atoms with Gasteiger partial charge in [-0.1, -0.05) is 13.8 Å². The number of halogens is 3. The Morgan fingerprint density at radius 1 is 1.27 bits per heavy atom. The lowest BCUT2D eigenvalue weighted by Crippen LogP contribution is -2.51.